The Balaban J connectivity index is 6.19. The van der Waals surface area contributed by atoms with Crippen LogP contribution in [0.15, 0.2) is 12.2 Å². The lowest BCUT2D eigenvalue weighted by molar-refractivity contribution is -0.483. The Morgan fingerprint density at radius 1 is 0.818 bits per heavy atom. The molecular weight excluding hydrogens is 292 g/mol. The summed E-state index contributed by atoms with van der Waals surface area (Å²) in [6, 6.07) is 0. The molecule has 0 aliphatic carbocycles. The van der Waals surface area contributed by atoms with Crippen molar-refractivity contribution >= 4 is 5.97 Å². The molecule has 7 heteroatoms. The molecule has 130 valence electrons. The lowest BCUT2D eigenvalue weighted by atomic mass is 10.0. The van der Waals surface area contributed by atoms with Gasteiger partial charge in [-0.3, -0.25) is 0 Å². The zero-order valence-electron chi connectivity index (χ0n) is 14.1. The molecule has 0 saturated heterocycles. The first-order valence-corrected chi connectivity index (χ1v) is 7.53. The molecule has 0 unspecified atom stereocenters. The van der Waals surface area contributed by atoms with Crippen molar-refractivity contribution in [1.29, 1.82) is 0 Å². The average Bonchev–Trinajstić information content (AvgIpc) is 2.46. The summed E-state index contributed by atoms with van der Waals surface area (Å²) < 4.78 is 28.2. The normalized spacial score (nSPS) is 12.4. The van der Waals surface area contributed by atoms with Gasteiger partial charge in [0.2, 0.25) is 0 Å². The zero-order chi connectivity index (χ0) is 17.2. The molecule has 0 fully saturated rings. The number of aliphatic carboxylic acids is 1. The minimum Gasteiger partial charge on any atom is -0.478 e. The predicted octanol–water partition coefficient (Wildman–Crippen LogP) is 2.16. The first-order chi connectivity index (χ1) is 10.4. The molecule has 0 aromatic carbocycles. The summed E-state index contributed by atoms with van der Waals surface area (Å²) in [4.78, 5) is 11.5. The SMILES string of the molecule is C=C(C(=O)O)C(OCC)(OCC)C(OCC)(OCC)OCC. The summed E-state index contributed by atoms with van der Waals surface area (Å²) in [6.07, 6.45) is 0. The molecule has 0 saturated carbocycles. The van der Waals surface area contributed by atoms with Crippen LogP contribution in [0.3, 0.4) is 0 Å². The molecule has 0 heterocycles. The van der Waals surface area contributed by atoms with Gasteiger partial charge in [-0.25, -0.2) is 4.79 Å². The largest absolute Gasteiger partial charge is 0.478 e. The lowest BCUT2D eigenvalue weighted by Crippen LogP contribution is -2.64. The second-order valence-electron chi connectivity index (χ2n) is 4.12. The van der Waals surface area contributed by atoms with Crippen molar-refractivity contribution in [2.24, 2.45) is 0 Å². The fourth-order valence-corrected chi connectivity index (χ4v) is 2.10. The first-order valence-electron chi connectivity index (χ1n) is 7.53. The van der Waals surface area contributed by atoms with Gasteiger partial charge >= 0.3 is 11.9 Å². The number of ether oxygens (including phenoxy) is 5. The zero-order valence-corrected chi connectivity index (χ0v) is 14.1. The van der Waals surface area contributed by atoms with Crippen molar-refractivity contribution in [3.63, 3.8) is 0 Å². The van der Waals surface area contributed by atoms with Crippen LogP contribution in [-0.2, 0) is 28.5 Å². The molecule has 0 bridgehead atoms. The average molecular weight is 320 g/mol. The number of rotatable bonds is 13. The van der Waals surface area contributed by atoms with E-state index in [4.69, 9.17) is 23.7 Å². The summed E-state index contributed by atoms with van der Waals surface area (Å²) in [6.45, 7) is 13.1. The van der Waals surface area contributed by atoms with Crippen molar-refractivity contribution in [2.45, 2.75) is 46.4 Å². The fraction of sp³-hybridized carbons (Fsp3) is 0.800. The van der Waals surface area contributed by atoms with E-state index in [-0.39, 0.29) is 38.6 Å². The van der Waals surface area contributed by atoms with E-state index >= 15 is 0 Å². The molecule has 0 atom stereocenters. The summed E-state index contributed by atoms with van der Waals surface area (Å²) in [7, 11) is 0. The topological polar surface area (TPSA) is 83.5 Å². The molecular formula is C15H28O7. The van der Waals surface area contributed by atoms with Crippen LogP contribution in [0.25, 0.3) is 0 Å². The van der Waals surface area contributed by atoms with Crippen molar-refractivity contribution in [2.75, 3.05) is 33.0 Å². The third-order valence-corrected chi connectivity index (χ3v) is 2.76. The standard InChI is InChI=1S/C15H28O7/c1-7-18-14(19-8-2,12(6)13(16)17)15(20-9-3,21-10-4)22-11-5/h6-11H2,1-5H3,(H,16,17). The van der Waals surface area contributed by atoms with Gasteiger partial charge in [-0.15, -0.1) is 0 Å². The number of hydrogen-bond acceptors (Lipinski definition) is 6. The molecule has 0 rings (SSSR count). The van der Waals surface area contributed by atoms with Crippen molar-refractivity contribution < 1.29 is 33.6 Å². The third kappa shape index (κ3) is 4.27. The van der Waals surface area contributed by atoms with E-state index in [0.717, 1.165) is 0 Å². The Kier molecular flexibility index (Phi) is 9.47. The summed E-state index contributed by atoms with van der Waals surface area (Å²) >= 11 is 0. The van der Waals surface area contributed by atoms with E-state index in [1.807, 2.05) is 0 Å². The quantitative estimate of drug-likeness (QED) is 0.411. The highest BCUT2D eigenvalue weighted by Gasteiger charge is 2.62. The van der Waals surface area contributed by atoms with Gasteiger partial charge in [-0.05, 0) is 34.6 Å². The van der Waals surface area contributed by atoms with Gasteiger partial charge < -0.3 is 28.8 Å². The Morgan fingerprint density at radius 3 is 1.36 bits per heavy atom. The molecule has 0 amide bonds. The van der Waals surface area contributed by atoms with Gasteiger partial charge in [-0.2, -0.15) is 0 Å². The Labute approximate surface area is 132 Å². The Bertz CT molecular complexity index is 331. The summed E-state index contributed by atoms with van der Waals surface area (Å²) in [5, 5.41) is 9.41. The lowest BCUT2D eigenvalue weighted by Gasteiger charge is -2.46. The maximum Gasteiger partial charge on any atom is 0.345 e. The van der Waals surface area contributed by atoms with E-state index in [1.165, 1.54) is 0 Å². The number of carboxylic acids is 1. The smallest absolute Gasteiger partial charge is 0.345 e. The van der Waals surface area contributed by atoms with Crippen molar-refractivity contribution in [3.8, 4) is 0 Å². The van der Waals surface area contributed by atoms with Gasteiger partial charge in [0.25, 0.3) is 5.79 Å². The second-order valence-corrected chi connectivity index (χ2v) is 4.12. The van der Waals surface area contributed by atoms with Crippen molar-refractivity contribution in [3.05, 3.63) is 12.2 Å². The first kappa shape index (κ1) is 21.0. The summed E-state index contributed by atoms with van der Waals surface area (Å²) in [5.41, 5.74) is -0.355. The second kappa shape index (κ2) is 9.91. The van der Waals surface area contributed by atoms with Crippen LogP contribution in [0.2, 0.25) is 0 Å². The van der Waals surface area contributed by atoms with Crippen molar-refractivity contribution in [1.82, 2.24) is 0 Å². The molecule has 0 aliphatic heterocycles. The Hall–Kier alpha value is -0.990. The van der Waals surface area contributed by atoms with E-state index in [2.05, 4.69) is 6.58 Å². The summed E-state index contributed by atoms with van der Waals surface area (Å²) in [5.74, 6) is -5.05. The maximum absolute atomic E-state index is 11.5. The van der Waals surface area contributed by atoms with Crippen LogP contribution in [0.4, 0.5) is 0 Å². The van der Waals surface area contributed by atoms with Gasteiger partial charge in [0, 0.05) is 33.0 Å². The highest BCUT2D eigenvalue weighted by molar-refractivity contribution is 5.88. The van der Waals surface area contributed by atoms with Crippen LogP contribution in [0, 0.1) is 0 Å². The number of hydrogen-bond donors (Lipinski definition) is 1. The van der Waals surface area contributed by atoms with E-state index in [9.17, 15) is 9.90 Å². The molecule has 0 spiro atoms. The molecule has 0 aromatic heterocycles. The van der Waals surface area contributed by atoms with Gasteiger partial charge in [0.15, 0.2) is 0 Å². The van der Waals surface area contributed by atoms with Crippen LogP contribution >= 0.6 is 0 Å². The molecule has 7 nitrogen and oxygen atoms in total. The molecule has 0 radical (unpaired) electrons. The van der Waals surface area contributed by atoms with Crippen LogP contribution in [0.5, 0.6) is 0 Å². The monoisotopic (exact) mass is 320 g/mol. The van der Waals surface area contributed by atoms with E-state index in [1.54, 1.807) is 34.6 Å². The minimum atomic E-state index is -1.91. The number of carbonyl (C=O) groups is 1. The maximum atomic E-state index is 11.5. The van der Waals surface area contributed by atoms with E-state index in [0.29, 0.717) is 0 Å². The van der Waals surface area contributed by atoms with Gasteiger partial charge in [-0.1, -0.05) is 6.58 Å². The van der Waals surface area contributed by atoms with E-state index < -0.39 is 17.7 Å². The highest BCUT2D eigenvalue weighted by Crippen LogP contribution is 2.39. The molecule has 1 N–H and O–H groups in total. The highest BCUT2D eigenvalue weighted by atomic mass is 16.9. The fourth-order valence-electron chi connectivity index (χ4n) is 2.10. The van der Waals surface area contributed by atoms with Crippen LogP contribution in [-0.4, -0.2) is 55.9 Å². The van der Waals surface area contributed by atoms with Gasteiger partial charge in [0.1, 0.15) is 0 Å². The van der Waals surface area contributed by atoms with Crippen LogP contribution in [0.1, 0.15) is 34.6 Å². The molecule has 0 aliphatic rings. The Morgan fingerprint density at radius 2 is 1.14 bits per heavy atom. The molecule has 0 aromatic rings. The third-order valence-electron chi connectivity index (χ3n) is 2.76. The minimum absolute atomic E-state index is 0.154. The predicted molar refractivity (Wildman–Crippen MR) is 80.4 cm³/mol. The van der Waals surface area contributed by atoms with Gasteiger partial charge in [0.05, 0.1) is 5.57 Å². The molecule has 22 heavy (non-hydrogen) atoms. The van der Waals surface area contributed by atoms with Crippen LogP contribution < -0.4 is 0 Å². The number of carboxylic acid groups (broad SMARTS) is 1.